The molecule has 4 rings (SSSR count). The molecule has 0 bridgehead atoms. The molecule has 0 aliphatic heterocycles. The number of ether oxygens (including phenoxy) is 1. The molecule has 1 amide bonds. The largest absolute Gasteiger partial charge is 0.496 e. The van der Waals surface area contributed by atoms with Crippen molar-refractivity contribution >= 4 is 28.4 Å². The van der Waals surface area contributed by atoms with Crippen LogP contribution in [0, 0.1) is 5.82 Å². The lowest BCUT2D eigenvalue weighted by Crippen LogP contribution is -2.24. The summed E-state index contributed by atoms with van der Waals surface area (Å²) in [6.45, 7) is 0.293. The van der Waals surface area contributed by atoms with Crippen LogP contribution in [0.5, 0.6) is 5.75 Å². The van der Waals surface area contributed by atoms with Gasteiger partial charge < -0.3 is 19.8 Å². The number of carbonyl (C=O) groups is 1. The van der Waals surface area contributed by atoms with E-state index in [-0.39, 0.29) is 17.4 Å². The molecular formula is C22H18FN3O3. The van der Waals surface area contributed by atoms with Crippen LogP contribution in [0.3, 0.4) is 0 Å². The number of pyridine rings is 1. The average molecular weight is 391 g/mol. The molecule has 29 heavy (non-hydrogen) atoms. The Balaban J connectivity index is 1.58. The van der Waals surface area contributed by atoms with Gasteiger partial charge in [-0.05, 0) is 36.4 Å². The topological polar surface area (TPSA) is 76.4 Å². The number of rotatable bonds is 6. The highest BCUT2D eigenvalue weighted by atomic mass is 19.1. The summed E-state index contributed by atoms with van der Waals surface area (Å²) < 4.78 is 23.9. The van der Waals surface area contributed by atoms with E-state index in [9.17, 15) is 9.18 Å². The van der Waals surface area contributed by atoms with Gasteiger partial charge in [-0.1, -0.05) is 18.2 Å². The van der Waals surface area contributed by atoms with Crippen molar-refractivity contribution in [2.75, 3.05) is 12.4 Å². The van der Waals surface area contributed by atoms with E-state index in [2.05, 4.69) is 15.6 Å². The number of nitrogens with zero attached hydrogens (tertiary/aromatic N) is 1. The first kappa shape index (κ1) is 18.5. The Bertz CT molecular complexity index is 1160. The predicted molar refractivity (Wildman–Crippen MR) is 108 cm³/mol. The zero-order chi connectivity index (χ0) is 20.2. The summed E-state index contributed by atoms with van der Waals surface area (Å²) in [5.41, 5.74) is 2.22. The van der Waals surface area contributed by atoms with Crippen LogP contribution in [0.15, 0.2) is 71.3 Å². The highest BCUT2D eigenvalue weighted by molar-refractivity contribution is 5.99. The molecule has 2 N–H and O–H groups in total. The minimum atomic E-state index is -0.351. The second-order valence-corrected chi connectivity index (χ2v) is 6.31. The van der Waals surface area contributed by atoms with Crippen molar-refractivity contribution in [2.24, 2.45) is 0 Å². The number of furan rings is 1. The number of nitrogens with one attached hydrogen (secondary N) is 2. The van der Waals surface area contributed by atoms with Gasteiger partial charge in [-0.3, -0.25) is 4.79 Å². The Morgan fingerprint density at radius 1 is 1.14 bits per heavy atom. The summed E-state index contributed by atoms with van der Waals surface area (Å²) in [5.74, 6) is 0.462. The number of fused-ring (bicyclic) bond motifs is 1. The van der Waals surface area contributed by atoms with Gasteiger partial charge in [-0.15, -0.1) is 0 Å². The molecule has 0 fully saturated rings. The van der Waals surface area contributed by atoms with Crippen molar-refractivity contribution in [3.8, 4) is 5.75 Å². The van der Waals surface area contributed by atoms with Crippen molar-refractivity contribution in [1.82, 2.24) is 10.3 Å². The molecule has 146 valence electrons. The molecule has 4 aromatic rings. The zero-order valence-corrected chi connectivity index (χ0v) is 15.6. The van der Waals surface area contributed by atoms with Crippen molar-refractivity contribution in [2.45, 2.75) is 6.54 Å². The van der Waals surface area contributed by atoms with Crippen LogP contribution >= 0.6 is 0 Å². The molecular weight excluding hydrogens is 373 g/mol. The van der Waals surface area contributed by atoms with E-state index in [4.69, 9.17) is 9.15 Å². The summed E-state index contributed by atoms with van der Waals surface area (Å²) in [6, 6.07) is 16.7. The van der Waals surface area contributed by atoms with Crippen LogP contribution < -0.4 is 15.4 Å². The van der Waals surface area contributed by atoms with Gasteiger partial charge in [0.1, 0.15) is 28.7 Å². The number of hydrogen-bond donors (Lipinski definition) is 2. The van der Waals surface area contributed by atoms with Gasteiger partial charge in [0.2, 0.25) is 0 Å². The molecule has 2 aromatic heterocycles. The van der Waals surface area contributed by atoms with E-state index >= 15 is 0 Å². The monoisotopic (exact) mass is 391 g/mol. The summed E-state index contributed by atoms with van der Waals surface area (Å²) in [4.78, 5) is 17.1. The molecule has 6 nitrogen and oxygen atoms in total. The van der Waals surface area contributed by atoms with Crippen molar-refractivity contribution in [3.05, 3.63) is 84.0 Å². The third-order valence-corrected chi connectivity index (χ3v) is 4.42. The predicted octanol–water partition coefficient (Wildman–Crippen LogP) is 4.65. The fraction of sp³-hybridized carbons (Fsp3) is 0.0909. The molecule has 0 aliphatic carbocycles. The molecule has 0 saturated heterocycles. The molecule has 0 aliphatic rings. The first-order chi connectivity index (χ1) is 14.1. The van der Waals surface area contributed by atoms with E-state index < -0.39 is 0 Å². The Labute approximate surface area is 166 Å². The van der Waals surface area contributed by atoms with Crippen LogP contribution in [0.2, 0.25) is 0 Å². The maximum Gasteiger partial charge on any atom is 0.270 e. The smallest absolute Gasteiger partial charge is 0.270 e. The first-order valence-electron chi connectivity index (χ1n) is 8.95. The van der Waals surface area contributed by atoms with E-state index in [0.29, 0.717) is 29.4 Å². The van der Waals surface area contributed by atoms with Gasteiger partial charge in [-0.25, -0.2) is 9.37 Å². The van der Waals surface area contributed by atoms with E-state index in [1.807, 2.05) is 24.3 Å². The van der Waals surface area contributed by atoms with Gasteiger partial charge in [0.25, 0.3) is 5.91 Å². The Hall–Kier alpha value is -3.87. The average Bonchev–Trinajstić information content (AvgIpc) is 3.23. The molecule has 2 heterocycles. The van der Waals surface area contributed by atoms with Crippen LogP contribution in [0.25, 0.3) is 11.0 Å². The number of amides is 1. The Morgan fingerprint density at radius 3 is 2.72 bits per heavy atom. The number of anilines is 2. The number of methoxy groups -OCH3 is 1. The van der Waals surface area contributed by atoms with E-state index in [1.54, 1.807) is 31.4 Å². The lowest BCUT2D eigenvalue weighted by atomic mass is 10.2. The van der Waals surface area contributed by atoms with Crippen LogP contribution in [-0.4, -0.2) is 18.0 Å². The summed E-state index contributed by atoms with van der Waals surface area (Å²) in [5, 5.41) is 6.67. The summed E-state index contributed by atoms with van der Waals surface area (Å²) in [7, 11) is 1.58. The Morgan fingerprint density at radius 2 is 1.93 bits per heavy atom. The molecule has 2 aromatic carbocycles. The molecule has 0 radical (unpaired) electrons. The lowest BCUT2D eigenvalue weighted by Gasteiger charge is -2.11. The van der Waals surface area contributed by atoms with Gasteiger partial charge in [0, 0.05) is 23.9 Å². The highest BCUT2D eigenvalue weighted by Crippen LogP contribution is 2.27. The second-order valence-electron chi connectivity index (χ2n) is 6.31. The van der Waals surface area contributed by atoms with Gasteiger partial charge in [0.15, 0.2) is 0 Å². The van der Waals surface area contributed by atoms with Crippen LogP contribution in [0.1, 0.15) is 16.1 Å². The molecule has 7 heteroatoms. The molecule has 0 atom stereocenters. The number of aromatic nitrogens is 1. The van der Waals surface area contributed by atoms with E-state index in [1.165, 1.54) is 18.4 Å². The number of hydrogen-bond acceptors (Lipinski definition) is 5. The van der Waals surface area contributed by atoms with Gasteiger partial charge >= 0.3 is 0 Å². The minimum absolute atomic E-state index is 0.201. The lowest BCUT2D eigenvalue weighted by molar-refractivity contribution is 0.0946. The standard InChI is InChI=1S/C22H18FN3O3/c1-28-19-5-3-2-4-14(19)13-24-22(27)18-12-20-17(10-11-29-20)21(26-18)25-16-8-6-15(23)7-9-16/h2-12H,13H2,1H3,(H,24,27)(H,25,26). The number of para-hydroxylation sites is 1. The Kier molecular flexibility index (Phi) is 5.11. The quantitative estimate of drug-likeness (QED) is 0.500. The van der Waals surface area contributed by atoms with Gasteiger partial charge in [0.05, 0.1) is 18.8 Å². The number of carbonyl (C=O) groups excluding carboxylic acids is 1. The number of benzene rings is 2. The van der Waals surface area contributed by atoms with Crippen molar-refractivity contribution in [1.29, 1.82) is 0 Å². The second kappa shape index (κ2) is 8.02. The zero-order valence-electron chi connectivity index (χ0n) is 15.6. The minimum Gasteiger partial charge on any atom is -0.496 e. The van der Waals surface area contributed by atoms with Crippen LogP contribution in [0.4, 0.5) is 15.9 Å². The summed E-state index contributed by atoms with van der Waals surface area (Å²) >= 11 is 0. The molecule has 0 saturated carbocycles. The third kappa shape index (κ3) is 4.03. The van der Waals surface area contributed by atoms with Crippen molar-refractivity contribution in [3.63, 3.8) is 0 Å². The van der Waals surface area contributed by atoms with E-state index in [0.717, 1.165) is 10.9 Å². The fourth-order valence-electron chi connectivity index (χ4n) is 2.96. The maximum absolute atomic E-state index is 13.2. The SMILES string of the molecule is COc1ccccc1CNC(=O)c1cc2occc2c(Nc2ccc(F)cc2)n1. The number of halogens is 1. The maximum atomic E-state index is 13.2. The van der Waals surface area contributed by atoms with Gasteiger partial charge in [-0.2, -0.15) is 0 Å². The molecule has 0 unspecified atom stereocenters. The summed E-state index contributed by atoms with van der Waals surface area (Å²) in [6.07, 6.45) is 1.53. The fourth-order valence-corrected chi connectivity index (χ4v) is 2.96. The van der Waals surface area contributed by atoms with Crippen LogP contribution in [-0.2, 0) is 6.54 Å². The normalized spacial score (nSPS) is 10.7. The first-order valence-corrected chi connectivity index (χ1v) is 8.95. The highest BCUT2D eigenvalue weighted by Gasteiger charge is 2.15. The molecule has 0 spiro atoms. The van der Waals surface area contributed by atoms with Crippen molar-refractivity contribution < 1.29 is 18.3 Å². The third-order valence-electron chi connectivity index (χ3n) is 4.42.